The van der Waals surface area contributed by atoms with Crippen molar-refractivity contribution in [2.24, 2.45) is 0 Å². The zero-order valence-electron chi connectivity index (χ0n) is 6.45. The van der Waals surface area contributed by atoms with Crippen molar-refractivity contribution in [2.45, 2.75) is 13.5 Å². The fourth-order valence-electron chi connectivity index (χ4n) is 0.767. The SMILES string of the molecule is CC(=O)[NH2+]Cc1ccccn1. The molecule has 1 heterocycles. The third kappa shape index (κ3) is 2.91. The van der Waals surface area contributed by atoms with E-state index >= 15 is 0 Å². The number of carbonyl (C=O) groups is 1. The summed E-state index contributed by atoms with van der Waals surface area (Å²) in [6.07, 6.45) is 1.73. The lowest BCUT2D eigenvalue weighted by atomic mass is 10.3. The number of amides is 1. The molecule has 1 rings (SSSR count). The second-order valence-corrected chi connectivity index (χ2v) is 2.34. The third-order valence-corrected chi connectivity index (χ3v) is 1.32. The molecule has 0 spiro atoms. The average Bonchev–Trinajstić information content (AvgIpc) is 2.03. The first-order chi connectivity index (χ1) is 5.29. The second kappa shape index (κ2) is 3.83. The molecule has 0 fully saturated rings. The van der Waals surface area contributed by atoms with Gasteiger partial charge in [-0.15, -0.1) is 0 Å². The molecule has 0 radical (unpaired) electrons. The van der Waals surface area contributed by atoms with Crippen LogP contribution < -0.4 is 5.32 Å². The lowest BCUT2D eigenvalue weighted by Gasteiger charge is -1.94. The zero-order valence-corrected chi connectivity index (χ0v) is 6.45. The van der Waals surface area contributed by atoms with Gasteiger partial charge in [-0.1, -0.05) is 6.07 Å². The monoisotopic (exact) mass is 151 g/mol. The smallest absolute Gasteiger partial charge is 0.278 e. The van der Waals surface area contributed by atoms with Crippen LogP contribution >= 0.6 is 0 Å². The highest BCUT2D eigenvalue weighted by Gasteiger charge is 1.97. The van der Waals surface area contributed by atoms with E-state index in [0.717, 1.165) is 5.69 Å². The van der Waals surface area contributed by atoms with E-state index in [2.05, 4.69) is 4.98 Å². The molecule has 1 aromatic heterocycles. The van der Waals surface area contributed by atoms with Crippen molar-refractivity contribution in [2.75, 3.05) is 0 Å². The molecule has 0 bridgehead atoms. The van der Waals surface area contributed by atoms with E-state index in [1.807, 2.05) is 18.2 Å². The largest absolute Gasteiger partial charge is 0.307 e. The lowest BCUT2D eigenvalue weighted by molar-refractivity contribution is -0.583. The Bertz CT molecular complexity index is 233. The van der Waals surface area contributed by atoms with E-state index in [0.29, 0.717) is 6.54 Å². The quantitative estimate of drug-likeness (QED) is 0.630. The number of carbonyl (C=O) groups excluding carboxylic acids is 1. The van der Waals surface area contributed by atoms with Crippen LogP contribution in [-0.2, 0) is 11.3 Å². The summed E-state index contributed by atoms with van der Waals surface area (Å²) in [6, 6.07) is 5.67. The molecule has 0 aliphatic rings. The Labute approximate surface area is 65.5 Å². The van der Waals surface area contributed by atoms with Crippen LogP contribution in [0.3, 0.4) is 0 Å². The normalized spacial score (nSPS) is 9.55. The van der Waals surface area contributed by atoms with E-state index < -0.39 is 0 Å². The van der Waals surface area contributed by atoms with Crippen molar-refractivity contribution in [1.82, 2.24) is 4.98 Å². The Kier molecular flexibility index (Phi) is 2.74. The van der Waals surface area contributed by atoms with Gasteiger partial charge < -0.3 is 0 Å². The van der Waals surface area contributed by atoms with Crippen LogP contribution in [0, 0.1) is 0 Å². The van der Waals surface area contributed by atoms with Crippen LogP contribution in [-0.4, -0.2) is 10.9 Å². The summed E-state index contributed by atoms with van der Waals surface area (Å²) >= 11 is 0. The van der Waals surface area contributed by atoms with Crippen molar-refractivity contribution in [3.8, 4) is 0 Å². The fraction of sp³-hybridized carbons (Fsp3) is 0.250. The fourth-order valence-corrected chi connectivity index (χ4v) is 0.767. The van der Waals surface area contributed by atoms with Gasteiger partial charge in [-0.25, -0.2) is 4.79 Å². The van der Waals surface area contributed by atoms with Crippen LogP contribution in [0.1, 0.15) is 12.6 Å². The predicted octanol–water partition coefficient (Wildman–Crippen LogP) is -0.309. The zero-order chi connectivity index (χ0) is 8.10. The van der Waals surface area contributed by atoms with Crippen LogP contribution in [0.15, 0.2) is 24.4 Å². The topological polar surface area (TPSA) is 46.6 Å². The molecule has 0 saturated heterocycles. The first kappa shape index (κ1) is 7.88. The van der Waals surface area contributed by atoms with E-state index in [9.17, 15) is 4.79 Å². The minimum atomic E-state index is 0.0932. The highest BCUT2D eigenvalue weighted by Crippen LogP contribution is 1.88. The average molecular weight is 151 g/mol. The maximum atomic E-state index is 10.5. The Morgan fingerprint density at radius 1 is 1.64 bits per heavy atom. The molecule has 58 valence electrons. The molecule has 1 amide bonds. The molecule has 0 aromatic carbocycles. The summed E-state index contributed by atoms with van der Waals surface area (Å²) in [7, 11) is 0. The molecule has 3 nitrogen and oxygen atoms in total. The summed E-state index contributed by atoms with van der Waals surface area (Å²) in [4.78, 5) is 14.6. The van der Waals surface area contributed by atoms with Crippen molar-refractivity contribution < 1.29 is 10.1 Å². The van der Waals surface area contributed by atoms with E-state index in [4.69, 9.17) is 0 Å². The molecule has 2 N–H and O–H groups in total. The van der Waals surface area contributed by atoms with Crippen LogP contribution in [0.5, 0.6) is 0 Å². The van der Waals surface area contributed by atoms with Gasteiger partial charge in [0, 0.05) is 6.20 Å². The molecule has 3 heteroatoms. The minimum Gasteiger partial charge on any atom is -0.278 e. The van der Waals surface area contributed by atoms with Gasteiger partial charge in [0.15, 0.2) is 0 Å². The Morgan fingerprint density at radius 3 is 3.00 bits per heavy atom. The summed E-state index contributed by atoms with van der Waals surface area (Å²) < 4.78 is 0. The molecular formula is C8H11N2O+. The molecule has 0 saturated carbocycles. The van der Waals surface area contributed by atoms with Crippen LogP contribution in [0.25, 0.3) is 0 Å². The van der Waals surface area contributed by atoms with E-state index in [-0.39, 0.29) is 5.91 Å². The number of hydrogen-bond donors (Lipinski definition) is 1. The highest BCUT2D eigenvalue weighted by atomic mass is 16.1. The molecule has 0 atom stereocenters. The van der Waals surface area contributed by atoms with Gasteiger partial charge in [-0.2, -0.15) is 0 Å². The third-order valence-electron chi connectivity index (χ3n) is 1.32. The predicted molar refractivity (Wildman–Crippen MR) is 40.5 cm³/mol. The Balaban J connectivity index is 2.45. The van der Waals surface area contributed by atoms with Gasteiger partial charge in [0.25, 0.3) is 0 Å². The van der Waals surface area contributed by atoms with E-state index in [1.165, 1.54) is 0 Å². The van der Waals surface area contributed by atoms with Crippen LogP contribution in [0.2, 0.25) is 0 Å². The van der Waals surface area contributed by atoms with Crippen molar-refractivity contribution >= 4 is 5.91 Å². The van der Waals surface area contributed by atoms with Crippen molar-refractivity contribution in [3.63, 3.8) is 0 Å². The maximum Gasteiger partial charge on any atom is 0.307 e. The molecular weight excluding hydrogens is 140 g/mol. The minimum absolute atomic E-state index is 0.0932. The Hall–Kier alpha value is -1.22. The van der Waals surface area contributed by atoms with Gasteiger partial charge >= 0.3 is 5.91 Å². The second-order valence-electron chi connectivity index (χ2n) is 2.34. The number of primary amides is 1. The number of nitrogens with zero attached hydrogens (tertiary/aromatic N) is 1. The van der Waals surface area contributed by atoms with Gasteiger partial charge in [0.1, 0.15) is 6.54 Å². The summed E-state index contributed by atoms with van der Waals surface area (Å²) in [6.45, 7) is 2.18. The van der Waals surface area contributed by atoms with Gasteiger partial charge in [-0.3, -0.25) is 10.3 Å². The molecule has 11 heavy (non-hydrogen) atoms. The van der Waals surface area contributed by atoms with E-state index in [1.54, 1.807) is 18.4 Å². The first-order valence-electron chi connectivity index (χ1n) is 3.53. The lowest BCUT2D eigenvalue weighted by Crippen LogP contribution is -2.85. The summed E-state index contributed by atoms with van der Waals surface area (Å²) in [5.74, 6) is 0.0932. The van der Waals surface area contributed by atoms with Crippen LogP contribution in [0.4, 0.5) is 0 Å². The van der Waals surface area contributed by atoms with Crippen molar-refractivity contribution in [1.29, 1.82) is 0 Å². The number of nitrogens with two attached hydrogens (primary N) is 1. The van der Waals surface area contributed by atoms with Crippen molar-refractivity contribution in [3.05, 3.63) is 30.1 Å². The summed E-state index contributed by atoms with van der Waals surface area (Å²) in [5.41, 5.74) is 0.933. The van der Waals surface area contributed by atoms with Gasteiger partial charge in [0.05, 0.1) is 12.6 Å². The standard InChI is InChI=1S/C8H10N2O/c1-7(11)10-6-8-4-2-3-5-9-8/h2-5H,6H2,1H3,(H,10,11)/p+1. The number of rotatable bonds is 2. The molecule has 1 aromatic rings. The molecule has 0 aliphatic heterocycles. The summed E-state index contributed by atoms with van der Waals surface area (Å²) in [5, 5.41) is 1.63. The first-order valence-corrected chi connectivity index (χ1v) is 3.53. The number of quaternary nitrogens is 1. The maximum absolute atomic E-state index is 10.5. The van der Waals surface area contributed by atoms with Gasteiger partial charge in [-0.05, 0) is 12.1 Å². The number of pyridine rings is 1. The Morgan fingerprint density at radius 2 is 2.45 bits per heavy atom. The highest BCUT2D eigenvalue weighted by molar-refractivity contribution is 5.61. The number of hydrogen-bond acceptors (Lipinski definition) is 2. The molecule has 0 unspecified atom stereocenters. The van der Waals surface area contributed by atoms with Gasteiger partial charge in [0.2, 0.25) is 0 Å². The molecule has 0 aliphatic carbocycles. The number of aromatic nitrogens is 1.